The van der Waals surface area contributed by atoms with Crippen LogP contribution < -0.4 is 53.1 Å². The molecule has 0 unspecified atom stereocenters. The van der Waals surface area contributed by atoms with Crippen molar-refractivity contribution in [3.63, 3.8) is 0 Å². The lowest BCUT2D eigenvalue weighted by atomic mass is 9.92. The molecule has 0 aromatic heterocycles. The Labute approximate surface area is 445 Å². The summed E-state index contributed by atoms with van der Waals surface area (Å²) in [5.41, 5.74) is 5.83. The number of hydrogen-bond acceptors (Lipinski definition) is 2. The van der Waals surface area contributed by atoms with Crippen molar-refractivity contribution in [1.29, 1.82) is 0 Å². The zero-order valence-electron chi connectivity index (χ0n) is 41.5. The van der Waals surface area contributed by atoms with Gasteiger partial charge in [0.15, 0.2) is 0 Å². The number of anilines is 2. The molecule has 76 heavy (non-hydrogen) atoms. The molecule has 0 bridgehead atoms. The van der Waals surface area contributed by atoms with E-state index in [9.17, 15) is 9.59 Å². The highest BCUT2D eigenvalue weighted by atomic mass is 31.1. The van der Waals surface area contributed by atoms with Crippen LogP contribution in [0.5, 0.6) is 0 Å². The first kappa shape index (κ1) is 48.0. The Balaban J connectivity index is 0.996. The van der Waals surface area contributed by atoms with Gasteiger partial charge in [0, 0.05) is 24.5 Å². The summed E-state index contributed by atoms with van der Waals surface area (Å²) in [6.45, 7) is 0.689. The molecule has 12 aromatic rings. The van der Waals surface area contributed by atoms with E-state index in [1.54, 1.807) is 0 Å². The molecule has 0 aliphatic rings. The van der Waals surface area contributed by atoms with E-state index in [2.05, 4.69) is 215 Å². The van der Waals surface area contributed by atoms with Crippen LogP contribution in [0.4, 0.5) is 21.0 Å². The van der Waals surface area contributed by atoms with Gasteiger partial charge in [-0.05, 0) is 149 Å². The summed E-state index contributed by atoms with van der Waals surface area (Å²) in [7, 11) is -2.16. The minimum absolute atomic E-state index is 0.265. The summed E-state index contributed by atoms with van der Waals surface area (Å²) >= 11 is 0. The summed E-state index contributed by atoms with van der Waals surface area (Å²) < 4.78 is 0. The van der Waals surface area contributed by atoms with E-state index < -0.39 is 15.8 Å². The second-order valence-corrected chi connectivity index (χ2v) is 23.2. The van der Waals surface area contributed by atoms with Crippen LogP contribution >= 0.6 is 15.8 Å². The predicted molar refractivity (Wildman–Crippen MR) is 324 cm³/mol. The fourth-order valence-electron chi connectivity index (χ4n) is 10.3. The number of rotatable bonds is 13. The number of carbonyl (C=O) groups is 2. The molecule has 12 aromatic carbocycles. The molecule has 0 aliphatic heterocycles. The van der Waals surface area contributed by atoms with Gasteiger partial charge in [-0.15, -0.1) is 0 Å². The first-order valence-electron chi connectivity index (χ1n) is 25.5. The zero-order chi connectivity index (χ0) is 51.2. The van der Waals surface area contributed by atoms with E-state index in [1.165, 1.54) is 43.0 Å². The van der Waals surface area contributed by atoms with Crippen LogP contribution in [-0.2, 0) is 13.1 Å². The lowest BCUT2D eigenvalue weighted by Crippen LogP contribution is -2.28. The second kappa shape index (κ2) is 21.9. The SMILES string of the molecule is O=C(NCc1ccc2c(-c3c(P(c4ccccc4)c4ccccc4)ccc4cc(CNC(=O)Nc5ccc6ccccc6c5)ccc34)c(P(c3ccccc3)c3ccccc3)ccc2c1)Nc1ccc2ccccc2c1. The fraction of sp³-hybridized carbons (Fsp3) is 0.0294. The van der Waals surface area contributed by atoms with Crippen molar-refractivity contribution in [2.24, 2.45) is 0 Å². The zero-order valence-corrected chi connectivity index (χ0v) is 43.3. The molecule has 4 N–H and O–H groups in total. The minimum Gasteiger partial charge on any atom is -0.334 e. The van der Waals surface area contributed by atoms with Gasteiger partial charge in [-0.2, -0.15) is 0 Å². The van der Waals surface area contributed by atoms with Crippen molar-refractivity contribution in [2.75, 3.05) is 10.6 Å². The molecule has 4 amide bonds. The lowest BCUT2D eigenvalue weighted by molar-refractivity contribution is 0.251. The third-order valence-electron chi connectivity index (χ3n) is 13.8. The Kier molecular flexibility index (Phi) is 13.8. The van der Waals surface area contributed by atoms with Crippen molar-refractivity contribution >= 4 is 114 Å². The number of urea groups is 2. The molecular formula is C68H52N4O2P2. The van der Waals surface area contributed by atoms with Crippen LogP contribution in [0.15, 0.2) is 267 Å². The maximum Gasteiger partial charge on any atom is 0.319 e. The molecule has 0 spiro atoms. The molecule has 0 saturated heterocycles. The van der Waals surface area contributed by atoms with Crippen molar-refractivity contribution < 1.29 is 9.59 Å². The van der Waals surface area contributed by atoms with Gasteiger partial charge in [0.2, 0.25) is 0 Å². The van der Waals surface area contributed by atoms with Crippen LogP contribution in [0.3, 0.4) is 0 Å². The molecule has 0 fully saturated rings. The molecule has 366 valence electrons. The summed E-state index contributed by atoms with van der Waals surface area (Å²) in [5.74, 6) is 0. The van der Waals surface area contributed by atoms with Gasteiger partial charge in [-0.25, -0.2) is 9.59 Å². The summed E-state index contributed by atoms with van der Waals surface area (Å²) in [6.07, 6.45) is 0. The number of hydrogen-bond donors (Lipinski definition) is 4. The molecule has 8 heteroatoms. The normalized spacial score (nSPS) is 11.3. The average molecular weight is 1020 g/mol. The quantitative estimate of drug-likeness (QED) is 0.0868. The molecule has 0 atom stereocenters. The third kappa shape index (κ3) is 10.3. The summed E-state index contributed by atoms with van der Waals surface area (Å²) in [6, 6.07) is 93.9. The van der Waals surface area contributed by atoms with E-state index in [1.807, 2.05) is 72.8 Å². The van der Waals surface area contributed by atoms with Crippen molar-refractivity contribution in [3.8, 4) is 11.1 Å². The highest BCUT2D eigenvalue weighted by Crippen LogP contribution is 2.46. The van der Waals surface area contributed by atoms with Crippen LogP contribution in [0.2, 0.25) is 0 Å². The highest BCUT2D eigenvalue weighted by Gasteiger charge is 2.28. The molecule has 0 heterocycles. The standard InChI is InChI=1S/C68H52N4O2P2/c73-67(71-55-35-31-49-17-13-15-19-51(49)43-55)69-45-47-29-37-61-53(41-47)33-39-63(75(57-21-5-1-6-22-57)58-23-7-2-8-24-58)65(61)66-62-38-30-48(46-70-68(74)72-56-36-32-50-18-14-16-20-52(50)44-56)42-54(62)34-40-64(66)76(59-25-9-3-10-26-59)60-27-11-4-12-28-60/h1-44H,45-46H2,(H2,69,71,73)(H2,70,72,74). The molecular weight excluding hydrogens is 967 g/mol. The first-order valence-corrected chi connectivity index (χ1v) is 28.2. The van der Waals surface area contributed by atoms with Gasteiger partial charge in [-0.3, -0.25) is 0 Å². The van der Waals surface area contributed by atoms with Gasteiger partial charge in [-0.1, -0.05) is 231 Å². The third-order valence-corrected chi connectivity index (χ3v) is 18.8. The van der Waals surface area contributed by atoms with E-state index in [-0.39, 0.29) is 12.1 Å². The monoisotopic (exact) mass is 1020 g/mol. The van der Waals surface area contributed by atoms with Gasteiger partial charge in [0.25, 0.3) is 0 Å². The number of nitrogens with one attached hydrogen (secondary N) is 4. The lowest BCUT2D eigenvalue weighted by Gasteiger charge is -2.28. The van der Waals surface area contributed by atoms with E-state index in [0.717, 1.165) is 65.6 Å². The highest BCUT2D eigenvalue weighted by molar-refractivity contribution is 7.80. The topological polar surface area (TPSA) is 82.3 Å². The maximum atomic E-state index is 13.4. The van der Waals surface area contributed by atoms with Crippen LogP contribution in [0.1, 0.15) is 11.1 Å². The molecule has 0 saturated carbocycles. The van der Waals surface area contributed by atoms with E-state index in [0.29, 0.717) is 13.1 Å². The summed E-state index contributed by atoms with van der Waals surface area (Å²) in [5, 5.41) is 28.7. The fourth-order valence-corrected chi connectivity index (χ4v) is 15.2. The number of benzene rings is 12. The van der Waals surface area contributed by atoms with E-state index >= 15 is 0 Å². The smallest absolute Gasteiger partial charge is 0.319 e. The van der Waals surface area contributed by atoms with Crippen LogP contribution in [0.25, 0.3) is 54.2 Å². The first-order chi connectivity index (χ1) is 37.5. The Hall–Kier alpha value is -8.92. The second-order valence-electron chi connectivity index (χ2n) is 18.8. The summed E-state index contributed by atoms with van der Waals surface area (Å²) in [4.78, 5) is 26.9. The van der Waals surface area contributed by atoms with Gasteiger partial charge < -0.3 is 21.3 Å². The molecule has 12 rings (SSSR count). The van der Waals surface area contributed by atoms with Crippen molar-refractivity contribution in [3.05, 3.63) is 278 Å². The Morgan fingerprint density at radius 2 is 0.632 bits per heavy atom. The largest absolute Gasteiger partial charge is 0.334 e. The number of fused-ring (bicyclic) bond motifs is 4. The number of carbonyl (C=O) groups excluding carboxylic acids is 2. The van der Waals surface area contributed by atoms with Gasteiger partial charge in [0.05, 0.1) is 0 Å². The Morgan fingerprint density at radius 3 is 1.00 bits per heavy atom. The van der Waals surface area contributed by atoms with Gasteiger partial charge in [0.1, 0.15) is 0 Å². The van der Waals surface area contributed by atoms with Crippen molar-refractivity contribution in [1.82, 2.24) is 10.6 Å². The van der Waals surface area contributed by atoms with Gasteiger partial charge >= 0.3 is 12.1 Å². The molecule has 0 aliphatic carbocycles. The van der Waals surface area contributed by atoms with Crippen LogP contribution in [0, 0.1) is 0 Å². The Morgan fingerprint density at radius 1 is 0.303 bits per heavy atom. The maximum absolute atomic E-state index is 13.4. The number of amides is 4. The average Bonchev–Trinajstić information content (AvgIpc) is 3.52. The van der Waals surface area contributed by atoms with Crippen molar-refractivity contribution in [2.45, 2.75) is 13.1 Å². The van der Waals surface area contributed by atoms with E-state index in [4.69, 9.17) is 0 Å². The Bertz CT molecular complexity index is 3720. The predicted octanol–water partition coefficient (Wildman–Crippen LogP) is 14.1. The minimum atomic E-state index is -1.08. The molecule has 6 nitrogen and oxygen atoms in total. The van der Waals surface area contributed by atoms with Crippen LogP contribution in [-0.4, -0.2) is 12.1 Å². The molecule has 0 radical (unpaired) electrons.